The van der Waals surface area contributed by atoms with Gasteiger partial charge in [0, 0.05) is 30.2 Å². The fourth-order valence-electron chi connectivity index (χ4n) is 3.55. The molecule has 148 valence electrons. The molecule has 0 amide bonds. The molecule has 0 aliphatic carbocycles. The second kappa shape index (κ2) is 7.04. The lowest BCUT2D eigenvalue weighted by Crippen LogP contribution is -2.09. The van der Waals surface area contributed by atoms with Crippen molar-refractivity contribution >= 4 is 32.6 Å². The average molecular weight is 420 g/mol. The van der Waals surface area contributed by atoms with Crippen LogP contribution >= 0.6 is 11.8 Å². The van der Waals surface area contributed by atoms with E-state index < -0.39 is 9.84 Å². The number of rotatable bonds is 4. The fourth-order valence-corrected chi connectivity index (χ4v) is 6.20. The van der Waals surface area contributed by atoms with Gasteiger partial charge in [-0.15, -0.1) is 10.2 Å². The molecule has 1 atom stereocenters. The van der Waals surface area contributed by atoms with Gasteiger partial charge in [0.2, 0.25) is 0 Å². The van der Waals surface area contributed by atoms with E-state index in [-0.39, 0.29) is 23.0 Å². The molecule has 0 bridgehead atoms. The summed E-state index contributed by atoms with van der Waals surface area (Å²) < 4.78 is 30.7. The van der Waals surface area contributed by atoms with E-state index in [4.69, 9.17) is 4.42 Å². The Kier molecular flexibility index (Phi) is 4.83. The predicted octanol–water partition coefficient (Wildman–Crippen LogP) is 2.73. The molecule has 3 heterocycles. The summed E-state index contributed by atoms with van der Waals surface area (Å²) in [4.78, 5) is 12.0. The van der Waals surface area contributed by atoms with E-state index in [0.29, 0.717) is 28.7 Å². The molecule has 0 N–H and O–H groups in total. The van der Waals surface area contributed by atoms with Crippen LogP contribution in [0.15, 0.2) is 32.6 Å². The first kappa shape index (κ1) is 19.2. The molecule has 0 spiro atoms. The van der Waals surface area contributed by atoms with Crippen molar-refractivity contribution in [3.63, 3.8) is 0 Å². The van der Waals surface area contributed by atoms with Gasteiger partial charge in [0.25, 0.3) is 0 Å². The molecule has 1 aliphatic heterocycles. The van der Waals surface area contributed by atoms with Gasteiger partial charge in [-0.2, -0.15) is 0 Å². The number of hydrogen-bond donors (Lipinski definition) is 0. The van der Waals surface area contributed by atoms with Crippen LogP contribution in [0.25, 0.3) is 11.0 Å². The maximum absolute atomic E-state index is 12.0. The zero-order valence-electron chi connectivity index (χ0n) is 15.9. The Morgan fingerprint density at radius 3 is 2.68 bits per heavy atom. The molecule has 1 unspecified atom stereocenters. The molecule has 1 aromatic carbocycles. The number of sulfone groups is 1. The van der Waals surface area contributed by atoms with Gasteiger partial charge in [-0.1, -0.05) is 11.8 Å². The van der Waals surface area contributed by atoms with E-state index >= 15 is 0 Å². The van der Waals surface area contributed by atoms with Gasteiger partial charge in [-0.3, -0.25) is 0 Å². The van der Waals surface area contributed by atoms with Gasteiger partial charge < -0.3 is 8.98 Å². The number of benzene rings is 1. The molecule has 1 saturated heterocycles. The minimum atomic E-state index is -2.98. The van der Waals surface area contributed by atoms with Crippen molar-refractivity contribution in [1.29, 1.82) is 0 Å². The van der Waals surface area contributed by atoms with Crippen LogP contribution in [0, 0.1) is 13.8 Å². The number of aromatic nitrogens is 3. The highest BCUT2D eigenvalue weighted by atomic mass is 32.2. The van der Waals surface area contributed by atoms with Gasteiger partial charge >= 0.3 is 5.63 Å². The van der Waals surface area contributed by atoms with Crippen LogP contribution in [0.3, 0.4) is 0 Å². The zero-order valence-corrected chi connectivity index (χ0v) is 17.6. The average Bonchev–Trinajstić information content (AvgIpc) is 3.16. The van der Waals surface area contributed by atoms with Crippen molar-refractivity contribution < 1.29 is 12.8 Å². The normalized spacial score (nSPS) is 18.8. The second-order valence-electron chi connectivity index (χ2n) is 7.31. The van der Waals surface area contributed by atoms with Crippen LogP contribution in [0.5, 0.6) is 0 Å². The summed E-state index contributed by atoms with van der Waals surface area (Å²) in [6.45, 7) is 4.02. The fraction of sp³-hybridized carbons (Fsp3) is 0.421. The van der Waals surface area contributed by atoms with Crippen molar-refractivity contribution in [3.05, 3.63) is 51.1 Å². The smallest absolute Gasteiger partial charge is 0.336 e. The summed E-state index contributed by atoms with van der Waals surface area (Å²) >= 11 is 1.47. The molecule has 1 fully saturated rings. The Bertz CT molecular complexity index is 1230. The van der Waals surface area contributed by atoms with Crippen LogP contribution in [0.2, 0.25) is 0 Å². The Labute approximate surface area is 167 Å². The van der Waals surface area contributed by atoms with E-state index in [1.807, 2.05) is 37.6 Å². The molecular weight excluding hydrogens is 398 g/mol. The lowest BCUT2D eigenvalue weighted by Gasteiger charge is -2.09. The summed E-state index contributed by atoms with van der Waals surface area (Å²) in [7, 11) is -1.12. The van der Waals surface area contributed by atoms with Crippen LogP contribution in [-0.4, -0.2) is 34.7 Å². The summed E-state index contributed by atoms with van der Waals surface area (Å²) in [5.74, 6) is 1.48. The Morgan fingerprint density at radius 2 is 1.96 bits per heavy atom. The number of nitrogens with zero attached hydrogens (tertiary/aromatic N) is 3. The Morgan fingerprint density at radius 1 is 1.21 bits per heavy atom. The van der Waals surface area contributed by atoms with E-state index in [0.717, 1.165) is 22.1 Å². The molecule has 1 aliphatic rings. The van der Waals surface area contributed by atoms with Crippen molar-refractivity contribution in [2.45, 2.75) is 37.1 Å². The summed E-state index contributed by atoms with van der Waals surface area (Å²) in [5, 5.41) is 10.1. The maximum atomic E-state index is 12.0. The molecule has 0 radical (unpaired) electrons. The van der Waals surface area contributed by atoms with Gasteiger partial charge in [-0.25, -0.2) is 13.2 Å². The summed E-state index contributed by atoms with van der Waals surface area (Å²) in [6, 6.07) is 5.45. The topological polar surface area (TPSA) is 95.1 Å². The highest BCUT2D eigenvalue weighted by molar-refractivity contribution is 7.98. The lowest BCUT2D eigenvalue weighted by molar-refractivity contribution is 0.559. The SMILES string of the molecule is Cc1cc2oc(=O)cc(CSc3nnc(C4CCS(=O)(=O)C4)n3C)c2cc1C. The first-order valence-electron chi connectivity index (χ1n) is 9.00. The third kappa shape index (κ3) is 3.60. The standard InChI is InChI=1S/C19H21N3O4S2/c1-11-6-15-14(8-17(23)26-16(15)7-12(11)2)9-27-19-21-20-18(22(19)3)13-4-5-28(24,25)10-13/h6-8,13H,4-5,9-10H2,1-3H3. The van der Waals surface area contributed by atoms with E-state index in [2.05, 4.69) is 10.2 Å². The minimum absolute atomic E-state index is 0.105. The third-order valence-electron chi connectivity index (χ3n) is 5.27. The van der Waals surface area contributed by atoms with Gasteiger partial charge in [0.05, 0.1) is 11.5 Å². The highest BCUT2D eigenvalue weighted by Crippen LogP contribution is 2.31. The second-order valence-corrected chi connectivity index (χ2v) is 10.5. The van der Waals surface area contributed by atoms with Crippen molar-refractivity contribution in [2.24, 2.45) is 7.05 Å². The highest BCUT2D eigenvalue weighted by Gasteiger charge is 2.32. The first-order valence-corrected chi connectivity index (χ1v) is 11.8. The third-order valence-corrected chi connectivity index (χ3v) is 8.10. The number of hydrogen-bond acceptors (Lipinski definition) is 7. The molecule has 3 aromatic rings. The molecule has 0 saturated carbocycles. The number of aryl methyl sites for hydroxylation is 2. The molecule has 4 rings (SSSR count). The summed E-state index contributed by atoms with van der Waals surface area (Å²) in [6.07, 6.45) is 0.585. The number of fused-ring (bicyclic) bond motifs is 1. The van der Waals surface area contributed by atoms with Crippen molar-refractivity contribution in [3.8, 4) is 0 Å². The maximum Gasteiger partial charge on any atom is 0.336 e. The molecule has 9 heteroatoms. The predicted molar refractivity (Wildman–Crippen MR) is 109 cm³/mol. The van der Waals surface area contributed by atoms with Crippen LogP contribution in [0.4, 0.5) is 0 Å². The molecule has 28 heavy (non-hydrogen) atoms. The van der Waals surface area contributed by atoms with Crippen LogP contribution in [-0.2, 0) is 22.6 Å². The molecule has 7 nitrogen and oxygen atoms in total. The number of thioether (sulfide) groups is 1. The lowest BCUT2D eigenvalue weighted by atomic mass is 10.0. The van der Waals surface area contributed by atoms with Crippen molar-refractivity contribution in [2.75, 3.05) is 11.5 Å². The van der Waals surface area contributed by atoms with Gasteiger partial charge in [-0.05, 0) is 49.1 Å². The van der Waals surface area contributed by atoms with E-state index in [1.165, 1.54) is 17.8 Å². The van der Waals surface area contributed by atoms with E-state index in [9.17, 15) is 13.2 Å². The molecular formula is C19H21N3O4S2. The van der Waals surface area contributed by atoms with Crippen LogP contribution < -0.4 is 5.63 Å². The Balaban J connectivity index is 1.61. The van der Waals surface area contributed by atoms with Crippen molar-refractivity contribution in [1.82, 2.24) is 14.8 Å². The zero-order chi connectivity index (χ0) is 20.1. The largest absolute Gasteiger partial charge is 0.423 e. The van der Waals surface area contributed by atoms with Gasteiger partial charge in [0.15, 0.2) is 15.0 Å². The van der Waals surface area contributed by atoms with E-state index in [1.54, 1.807) is 0 Å². The van der Waals surface area contributed by atoms with Crippen LogP contribution in [0.1, 0.15) is 34.9 Å². The monoisotopic (exact) mass is 419 g/mol. The summed E-state index contributed by atoms with van der Waals surface area (Å²) in [5.41, 5.74) is 3.30. The quantitative estimate of drug-likeness (QED) is 0.474. The molecule has 2 aromatic heterocycles. The first-order chi connectivity index (χ1) is 13.2. The van der Waals surface area contributed by atoms with Gasteiger partial charge in [0.1, 0.15) is 11.4 Å². The Hall–Kier alpha value is -2.13. The minimum Gasteiger partial charge on any atom is -0.423 e.